The minimum atomic E-state index is -0.259. The van der Waals surface area contributed by atoms with Crippen molar-refractivity contribution >= 4 is 0 Å². The van der Waals surface area contributed by atoms with Crippen molar-refractivity contribution in [3.8, 4) is 17.2 Å². The van der Waals surface area contributed by atoms with Gasteiger partial charge in [-0.25, -0.2) is 0 Å². The van der Waals surface area contributed by atoms with Crippen LogP contribution < -0.4 is 0 Å². The molecule has 0 fully saturated rings. The van der Waals surface area contributed by atoms with Crippen LogP contribution in [0.25, 0.3) is 0 Å². The van der Waals surface area contributed by atoms with Gasteiger partial charge in [0.05, 0.1) is 0 Å². The Morgan fingerprint density at radius 3 is 1.86 bits per heavy atom. The smallest absolute Gasteiger partial charge is 0.157 e. The molecular formula is C18H18O4. The molecule has 22 heavy (non-hydrogen) atoms. The van der Waals surface area contributed by atoms with E-state index in [0.29, 0.717) is 0 Å². The van der Waals surface area contributed by atoms with E-state index in [4.69, 9.17) is 4.74 Å². The van der Waals surface area contributed by atoms with Gasteiger partial charge in [-0.15, -0.1) is 0 Å². The summed E-state index contributed by atoms with van der Waals surface area (Å²) < 4.78 is 6.14. The molecule has 0 saturated carbocycles. The van der Waals surface area contributed by atoms with Gasteiger partial charge >= 0.3 is 0 Å². The molecule has 0 amide bonds. The Kier molecular flexibility index (Phi) is 3.54. The van der Waals surface area contributed by atoms with E-state index < -0.39 is 0 Å². The van der Waals surface area contributed by atoms with Crippen LogP contribution in [0.4, 0.5) is 0 Å². The molecule has 114 valence electrons. The van der Waals surface area contributed by atoms with E-state index in [1.165, 1.54) is 12.1 Å². The van der Waals surface area contributed by atoms with Crippen LogP contribution in [0.5, 0.6) is 17.2 Å². The third-order valence-electron chi connectivity index (χ3n) is 4.18. The average molecular weight is 298 g/mol. The second-order valence-corrected chi connectivity index (χ2v) is 5.60. The van der Waals surface area contributed by atoms with Gasteiger partial charge in [0.2, 0.25) is 0 Å². The molecule has 1 aliphatic heterocycles. The predicted molar refractivity (Wildman–Crippen MR) is 82.8 cm³/mol. The molecule has 0 unspecified atom stereocenters. The number of hydrogen-bond donors (Lipinski definition) is 3. The average Bonchev–Trinajstić information content (AvgIpc) is 2.79. The van der Waals surface area contributed by atoms with Gasteiger partial charge in [-0.2, -0.15) is 0 Å². The Morgan fingerprint density at radius 2 is 1.27 bits per heavy atom. The number of phenolic OH excluding ortho intramolecular Hbond substituents is 3. The van der Waals surface area contributed by atoms with Crippen LogP contribution in [-0.4, -0.2) is 15.3 Å². The minimum absolute atomic E-state index is 0.143. The lowest BCUT2D eigenvalue weighted by molar-refractivity contribution is 0.0516. The van der Waals surface area contributed by atoms with E-state index in [2.05, 4.69) is 0 Å². The lowest BCUT2D eigenvalue weighted by Crippen LogP contribution is -2.03. The predicted octanol–water partition coefficient (Wildman–Crippen LogP) is 3.95. The normalized spacial score (nSPS) is 21.4. The van der Waals surface area contributed by atoms with Crippen LogP contribution in [0.3, 0.4) is 0 Å². The summed E-state index contributed by atoms with van der Waals surface area (Å²) in [6, 6.07) is 11.7. The van der Waals surface area contributed by atoms with Crippen molar-refractivity contribution in [1.82, 2.24) is 0 Å². The van der Waals surface area contributed by atoms with Gasteiger partial charge < -0.3 is 20.1 Å². The number of aromatic hydroxyl groups is 3. The summed E-state index contributed by atoms with van der Waals surface area (Å²) in [5.74, 6) is -0.0741. The summed E-state index contributed by atoms with van der Waals surface area (Å²) in [6.45, 7) is 4.03. The van der Waals surface area contributed by atoms with Gasteiger partial charge in [-0.05, 0) is 60.4 Å². The van der Waals surface area contributed by atoms with E-state index in [0.717, 1.165) is 22.3 Å². The van der Waals surface area contributed by atoms with Gasteiger partial charge in [0.25, 0.3) is 0 Å². The molecule has 4 nitrogen and oxygen atoms in total. The lowest BCUT2D eigenvalue weighted by atomic mass is 9.97. The van der Waals surface area contributed by atoms with E-state index in [-0.39, 0.29) is 29.5 Å². The van der Waals surface area contributed by atoms with Crippen molar-refractivity contribution in [2.24, 2.45) is 0 Å². The number of ether oxygens (including phenoxy) is 1. The van der Waals surface area contributed by atoms with E-state index in [1.54, 1.807) is 18.2 Å². The summed E-state index contributed by atoms with van der Waals surface area (Å²) in [7, 11) is 0. The number of rotatable bonds is 2. The second kappa shape index (κ2) is 5.39. The highest BCUT2D eigenvalue weighted by Gasteiger charge is 2.32. The topological polar surface area (TPSA) is 69.9 Å². The summed E-state index contributed by atoms with van der Waals surface area (Å²) >= 11 is 0. The molecule has 3 rings (SSSR count). The fourth-order valence-corrected chi connectivity index (χ4v) is 2.76. The van der Waals surface area contributed by atoms with Gasteiger partial charge in [0, 0.05) is 0 Å². The Balaban J connectivity index is 1.93. The molecule has 0 radical (unpaired) electrons. The number of hydrogen-bond acceptors (Lipinski definition) is 4. The van der Waals surface area contributed by atoms with Crippen molar-refractivity contribution in [2.75, 3.05) is 0 Å². The first-order chi connectivity index (χ1) is 10.5. The zero-order valence-electron chi connectivity index (χ0n) is 12.4. The molecule has 0 bridgehead atoms. The van der Waals surface area contributed by atoms with Crippen LogP contribution in [0.15, 0.2) is 53.6 Å². The Bertz CT molecular complexity index is 731. The van der Waals surface area contributed by atoms with Crippen molar-refractivity contribution in [2.45, 2.75) is 26.1 Å². The highest BCUT2D eigenvalue weighted by molar-refractivity contribution is 5.45. The van der Waals surface area contributed by atoms with Crippen molar-refractivity contribution in [1.29, 1.82) is 0 Å². The molecule has 0 aromatic heterocycles. The highest BCUT2D eigenvalue weighted by atomic mass is 16.5. The molecule has 4 heteroatoms. The molecule has 2 atom stereocenters. The molecule has 1 aliphatic rings. The Morgan fingerprint density at radius 1 is 0.727 bits per heavy atom. The Hall–Kier alpha value is -2.46. The third kappa shape index (κ3) is 2.42. The second-order valence-electron chi connectivity index (χ2n) is 5.60. The summed E-state index contributed by atoms with van der Waals surface area (Å²) in [5, 5.41) is 28.5. The fraction of sp³-hybridized carbons (Fsp3) is 0.222. The first kappa shape index (κ1) is 14.5. The maximum atomic E-state index is 9.68. The van der Waals surface area contributed by atoms with E-state index in [1.807, 2.05) is 26.0 Å². The molecule has 2 aromatic rings. The lowest BCUT2D eigenvalue weighted by Gasteiger charge is -2.17. The molecular weight excluding hydrogens is 280 g/mol. The van der Waals surface area contributed by atoms with Crippen LogP contribution >= 0.6 is 0 Å². The van der Waals surface area contributed by atoms with Gasteiger partial charge in [0.1, 0.15) is 18.0 Å². The van der Waals surface area contributed by atoms with Crippen LogP contribution in [0.1, 0.15) is 37.2 Å². The van der Waals surface area contributed by atoms with Crippen molar-refractivity contribution in [3.05, 3.63) is 64.7 Å². The summed E-state index contributed by atoms with van der Waals surface area (Å²) in [6.07, 6.45) is -0.438. The Labute approximate surface area is 128 Å². The van der Waals surface area contributed by atoms with Crippen molar-refractivity contribution in [3.63, 3.8) is 0 Å². The molecule has 3 N–H and O–H groups in total. The van der Waals surface area contributed by atoms with Crippen molar-refractivity contribution < 1.29 is 20.1 Å². The maximum Gasteiger partial charge on any atom is 0.157 e. The minimum Gasteiger partial charge on any atom is -0.508 e. The standard InChI is InChI=1S/C18H18O4/c1-10-11(2)18(13-5-8-15(20)16(21)9-13)22-17(10)12-3-6-14(19)7-4-12/h3-9,17-21H,1-2H3/t17-,18+/m1/s1. The zero-order valence-corrected chi connectivity index (χ0v) is 12.4. The molecule has 1 heterocycles. The van der Waals surface area contributed by atoms with Gasteiger partial charge in [0.15, 0.2) is 11.5 Å². The van der Waals surface area contributed by atoms with Gasteiger partial charge in [-0.3, -0.25) is 0 Å². The zero-order chi connectivity index (χ0) is 15.9. The first-order valence-electron chi connectivity index (χ1n) is 7.11. The summed E-state index contributed by atoms with van der Waals surface area (Å²) in [4.78, 5) is 0. The van der Waals surface area contributed by atoms with E-state index in [9.17, 15) is 15.3 Å². The molecule has 0 saturated heterocycles. The SMILES string of the molecule is CC1=C(C)[C@@H](c2ccc(O)c(O)c2)O[C@H]1c1ccc(O)cc1. The first-order valence-corrected chi connectivity index (χ1v) is 7.11. The molecule has 0 aliphatic carbocycles. The maximum absolute atomic E-state index is 9.68. The van der Waals surface area contributed by atoms with Crippen LogP contribution in [-0.2, 0) is 4.74 Å². The quantitative estimate of drug-likeness (QED) is 0.580. The fourth-order valence-electron chi connectivity index (χ4n) is 2.76. The van der Waals surface area contributed by atoms with Crippen LogP contribution in [0, 0.1) is 0 Å². The third-order valence-corrected chi connectivity index (χ3v) is 4.18. The molecule has 2 aromatic carbocycles. The summed E-state index contributed by atoms with van der Waals surface area (Å²) in [5.41, 5.74) is 3.97. The van der Waals surface area contributed by atoms with Gasteiger partial charge in [-0.1, -0.05) is 18.2 Å². The van der Waals surface area contributed by atoms with E-state index >= 15 is 0 Å². The monoisotopic (exact) mass is 298 g/mol. The molecule has 0 spiro atoms. The number of benzene rings is 2. The van der Waals surface area contributed by atoms with Crippen LogP contribution in [0.2, 0.25) is 0 Å². The highest BCUT2D eigenvalue weighted by Crippen LogP contribution is 2.46. The largest absolute Gasteiger partial charge is 0.508 e. The number of phenols is 3.